The zero-order valence-corrected chi connectivity index (χ0v) is 10.9. The molecule has 0 saturated heterocycles. The quantitative estimate of drug-likeness (QED) is 0.842. The van der Waals surface area contributed by atoms with Crippen molar-refractivity contribution in [1.29, 1.82) is 0 Å². The summed E-state index contributed by atoms with van der Waals surface area (Å²) in [6.45, 7) is 7.97. The molecule has 17 heavy (non-hydrogen) atoms. The number of carbonyl (C=O) groups is 1. The molecule has 0 saturated carbocycles. The number of nitrogens with two attached hydrogens (primary N) is 1. The first-order valence-electron chi connectivity index (χ1n) is 5.88. The maximum Gasteiger partial charge on any atom is 0.304 e. The van der Waals surface area contributed by atoms with E-state index in [2.05, 4.69) is 19.1 Å². The molecule has 0 amide bonds. The van der Waals surface area contributed by atoms with Gasteiger partial charge < -0.3 is 10.8 Å². The van der Waals surface area contributed by atoms with E-state index in [0.29, 0.717) is 0 Å². The van der Waals surface area contributed by atoms with Crippen LogP contribution in [0, 0.1) is 20.8 Å². The molecular formula is C14H21NO2. The second-order valence-electron chi connectivity index (χ2n) is 4.86. The molecule has 0 aliphatic carbocycles. The molecule has 0 aliphatic rings. The van der Waals surface area contributed by atoms with Gasteiger partial charge in [0.05, 0.1) is 6.42 Å². The average Bonchev–Trinajstić information content (AvgIpc) is 2.20. The lowest BCUT2D eigenvalue weighted by molar-refractivity contribution is -0.137. The van der Waals surface area contributed by atoms with E-state index in [9.17, 15) is 4.79 Å². The molecule has 1 rings (SSSR count). The number of rotatable bonds is 4. The molecule has 3 nitrogen and oxygen atoms in total. The van der Waals surface area contributed by atoms with Crippen LogP contribution in [0.2, 0.25) is 0 Å². The predicted octanol–water partition coefficient (Wildman–Crippen LogP) is 2.52. The van der Waals surface area contributed by atoms with Crippen LogP contribution in [-0.4, -0.2) is 17.1 Å². The Hall–Kier alpha value is -1.35. The summed E-state index contributed by atoms with van der Waals surface area (Å²) in [4.78, 5) is 10.9. The molecule has 0 aliphatic heterocycles. The molecule has 0 bridgehead atoms. The van der Waals surface area contributed by atoms with Crippen LogP contribution < -0.4 is 5.73 Å². The van der Waals surface area contributed by atoms with Crippen molar-refractivity contribution in [3.63, 3.8) is 0 Å². The molecule has 0 aromatic heterocycles. The largest absolute Gasteiger partial charge is 0.481 e. The molecule has 0 fully saturated rings. The van der Waals surface area contributed by atoms with Gasteiger partial charge in [0.2, 0.25) is 0 Å². The molecule has 0 radical (unpaired) electrons. The highest BCUT2D eigenvalue weighted by Gasteiger charge is 2.21. The Morgan fingerprint density at radius 3 is 2.24 bits per heavy atom. The van der Waals surface area contributed by atoms with E-state index in [-0.39, 0.29) is 18.4 Å². The fraction of sp³-hybridized carbons (Fsp3) is 0.500. The molecule has 1 aromatic rings. The van der Waals surface area contributed by atoms with Crippen LogP contribution in [0.5, 0.6) is 0 Å². The summed E-state index contributed by atoms with van der Waals surface area (Å²) in [5.41, 5.74) is 10.5. The summed E-state index contributed by atoms with van der Waals surface area (Å²) >= 11 is 0. The number of carboxylic acid groups (broad SMARTS) is 1. The highest BCUT2D eigenvalue weighted by Crippen LogP contribution is 2.28. The van der Waals surface area contributed by atoms with Gasteiger partial charge in [-0.3, -0.25) is 4.79 Å². The van der Waals surface area contributed by atoms with Crippen LogP contribution in [0.1, 0.15) is 41.5 Å². The first kappa shape index (κ1) is 13.7. The minimum absolute atomic E-state index is 0.0843. The molecule has 0 heterocycles. The summed E-state index contributed by atoms with van der Waals surface area (Å²) in [7, 11) is 0. The highest BCUT2D eigenvalue weighted by molar-refractivity contribution is 5.68. The van der Waals surface area contributed by atoms with Crippen molar-refractivity contribution < 1.29 is 9.90 Å². The van der Waals surface area contributed by atoms with Crippen LogP contribution >= 0.6 is 0 Å². The predicted molar refractivity (Wildman–Crippen MR) is 69.3 cm³/mol. The smallest absolute Gasteiger partial charge is 0.304 e. The molecule has 2 unspecified atom stereocenters. The van der Waals surface area contributed by atoms with Crippen molar-refractivity contribution in [2.45, 2.75) is 46.1 Å². The fourth-order valence-electron chi connectivity index (χ4n) is 2.15. The Labute approximate surface area is 103 Å². The lowest BCUT2D eigenvalue weighted by atomic mass is 9.85. The maximum atomic E-state index is 10.9. The molecule has 1 aromatic carbocycles. The Morgan fingerprint density at radius 1 is 1.24 bits per heavy atom. The van der Waals surface area contributed by atoms with E-state index in [1.807, 2.05) is 20.8 Å². The summed E-state index contributed by atoms with van der Waals surface area (Å²) in [6.07, 6.45) is 0.0843. The van der Waals surface area contributed by atoms with E-state index >= 15 is 0 Å². The second kappa shape index (κ2) is 5.32. The van der Waals surface area contributed by atoms with Crippen molar-refractivity contribution in [2.24, 2.45) is 5.73 Å². The Morgan fingerprint density at radius 2 is 1.76 bits per heavy atom. The van der Waals surface area contributed by atoms with Gasteiger partial charge >= 0.3 is 5.97 Å². The zero-order valence-electron chi connectivity index (χ0n) is 10.9. The third kappa shape index (κ3) is 3.30. The van der Waals surface area contributed by atoms with Gasteiger partial charge in [0.25, 0.3) is 0 Å². The standard InChI is InChI=1S/C14H21NO2/c1-8-5-10(3)12(6-9(8)2)13(11(4)15)7-14(16)17/h5-6,11,13H,7,15H2,1-4H3,(H,16,17). The molecule has 0 spiro atoms. The number of aliphatic carboxylic acids is 1. The maximum absolute atomic E-state index is 10.9. The van der Waals surface area contributed by atoms with Crippen molar-refractivity contribution in [1.82, 2.24) is 0 Å². The number of hydrogen-bond donors (Lipinski definition) is 2. The Kier molecular flexibility index (Phi) is 4.29. The van der Waals surface area contributed by atoms with Crippen molar-refractivity contribution in [2.75, 3.05) is 0 Å². The Bertz CT molecular complexity index is 424. The van der Waals surface area contributed by atoms with Crippen LogP contribution in [0.15, 0.2) is 12.1 Å². The van der Waals surface area contributed by atoms with Crippen LogP contribution in [0.25, 0.3) is 0 Å². The minimum atomic E-state index is -0.801. The lowest BCUT2D eigenvalue weighted by Gasteiger charge is -2.22. The first-order valence-corrected chi connectivity index (χ1v) is 5.88. The topological polar surface area (TPSA) is 63.3 Å². The summed E-state index contributed by atoms with van der Waals surface area (Å²) in [6, 6.07) is 4.01. The van der Waals surface area contributed by atoms with Gasteiger partial charge in [0.1, 0.15) is 0 Å². The Balaban J connectivity index is 3.18. The van der Waals surface area contributed by atoms with Gasteiger partial charge in [0, 0.05) is 12.0 Å². The van der Waals surface area contributed by atoms with Crippen LogP contribution in [0.3, 0.4) is 0 Å². The molecule has 2 atom stereocenters. The number of benzene rings is 1. The van der Waals surface area contributed by atoms with E-state index in [1.54, 1.807) is 0 Å². The van der Waals surface area contributed by atoms with Crippen LogP contribution in [0.4, 0.5) is 0 Å². The fourth-order valence-corrected chi connectivity index (χ4v) is 2.15. The van der Waals surface area contributed by atoms with Crippen molar-refractivity contribution in [3.05, 3.63) is 34.4 Å². The third-order valence-corrected chi connectivity index (χ3v) is 3.31. The van der Waals surface area contributed by atoms with Gasteiger partial charge in [-0.05, 0) is 49.9 Å². The number of carboxylic acids is 1. The van der Waals surface area contributed by atoms with E-state index < -0.39 is 5.97 Å². The minimum Gasteiger partial charge on any atom is -0.481 e. The normalized spacial score (nSPS) is 14.4. The number of hydrogen-bond acceptors (Lipinski definition) is 2. The summed E-state index contributed by atoms with van der Waals surface area (Å²) in [5, 5.41) is 8.95. The SMILES string of the molecule is Cc1cc(C)c(C(CC(=O)O)C(C)N)cc1C. The van der Waals surface area contributed by atoms with Crippen LogP contribution in [-0.2, 0) is 4.79 Å². The molecule has 3 heteroatoms. The summed E-state index contributed by atoms with van der Waals surface area (Å²) < 4.78 is 0. The van der Waals surface area contributed by atoms with Gasteiger partial charge in [-0.15, -0.1) is 0 Å². The monoisotopic (exact) mass is 235 g/mol. The first-order chi connectivity index (χ1) is 7.82. The molecule has 94 valence electrons. The highest BCUT2D eigenvalue weighted by atomic mass is 16.4. The zero-order chi connectivity index (χ0) is 13.2. The van der Waals surface area contributed by atoms with Crippen molar-refractivity contribution in [3.8, 4) is 0 Å². The number of aryl methyl sites for hydroxylation is 3. The van der Waals surface area contributed by atoms with Crippen molar-refractivity contribution >= 4 is 5.97 Å². The van der Waals surface area contributed by atoms with Gasteiger partial charge in [0.15, 0.2) is 0 Å². The van der Waals surface area contributed by atoms with E-state index in [0.717, 1.165) is 11.1 Å². The average molecular weight is 235 g/mol. The van der Waals surface area contributed by atoms with E-state index in [4.69, 9.17) is 10.8 Å². The lowest BCUT2D eigenvalue weighted by Crippen LogP contribution is -2.27. The molecule has 3 N–H and O–H groups in total. The third-order valence-electron chi connectivity index (χ3n) is 3.31. The van der Waals surface area contributed by atoms with Gasteiger partial charge in [-0.2, -0.15) is 0 Å². The summed E-state index contributed by atoms with van der Waals surface area (Å²) in [5.74, 6) is -0.920. The van der Waals surface area contributed by atoms with Gasteiger partial charge in [-0.25, -0.2) is 0 Å². The molecular weight excluding hydrogens is 214 g/mol. The van der Waals surface area contributed by atoms with Gasteiger partial charge in [-0.1, -0.05) is 12.1 Å². The second-order valence-corrected chi connectivity index (χ2v) is 4.86. The van der Waals surface area contributed by atoms with E-state index in [1.165, 1.54) is 11.1 Å².